The van der Waals surface area contributed by atoms with Gasteiger partial charge >= 0.3 is 0 Å². The Balaban J connectivity index is 2.67. The van der Waals surface area contributed by atoms with Crippen molar-refractivity contribution >= 4 is 15.5 Å². The zero-order chi connectivity index (χ0) is 14.3. The van der Waals surface area contributed by atoms with Gasteiger partial charge in [-0.2, -0.15) is 0 Å². The number of sulfone groups is 1. The second kappa shape index (κ2) is 7.50. The molecule has 0 heterocycles. The summed E-state index contributed by atoms with van der Waals surface area (Å²) in [6, 6.07) is 7.97. The Morgan fingerprint density at radius 2 is 1.74 bits per heavy atom. The molecule has 0 bridgehead atoms. The van der Waals surface area contributed by atoms with Crippen molar-refractivity contribution in [2.45, 2.75) is 26.8 Å². The molecule has 0 aliphatic carbocycles. The van der Waals surface area contributed by atoms with Gasteiger partial charge in [0.2, 0.25) is 0 Å². The lowest BCUT2D eigenvalue weighted by Gasteiger charge is -2.23. The summed E-state index contributed by atoms with van der Waals surface area (Å²) in [5.41, 5.74) is 7.69. The molecule has 0 atom stereocenters. The van der Waals surface area contributed by atoms with Gasteiger partial charge in [-0.1, -0.05) is 19.1 Å². The molecule has 1 aromatic rings. The van der Waals surface area contributed by atoms with Crippen LogP contribution in [0.25, 0.3) is 0 Å². The third-order valence-electron chi connectivity index (χ3n) is 3.11. The summed E-state index contributed by atoms with van der Waals surface area (Å²) in [6.45, 7) is 5.78. The molecule has 0 saturated heterocycles. The van der Waals surface area contributed by atoms with Crippen LogP contribution < -0.4 is 10.6 Å². The molecular weight excluding hydrogens is 260 g/mol. The molecule has 19 heavy (non-hydrogen) atoms. The highest BCUT2D eigenvalue weighted by Crippen LogP contribution is 2.15. The number of nitrogens with zero attached hydrogens (tertiary/aromatic N) is 1. The van der Waals surface area contributed by atoms with Crippen molar-refractivity contribution in [1.82, 2.24) is 0 Å². The molecule has 0 spiro atoms. The van der Waals surface area contributed by atoms with Crippen molar-refractivity contribution < 1.29 is 8.42 Å². The van der Waals surface area contributed by atoms with Gasteiger partial charge in [-0.05, 0) is 31.0 Å². The first-order valence-electron chi connectivity index (χ1n) is 6.76. The molecule has 0 aliphatic heterocycles. The summed E-state index contributed by atoms with van der Waals surface area (Å²) >= 11 is 0. The van der Waals surface area contributed by atoms with Gasteiger partial charge in [0.1, 0.15) is 0 Å². The summed E-state index contributed by atoms with van der Waals surface area (Å²) < 4.78 is 23.5. The highest BCUT2D eigenvalue weighted by atomic mass is 32.2. The number of hydrogen-bond acceptors (Lipinski definition) is 4. The van der Waals surface area contributed by atoms with Crippen molar-refractivity contribution in [3.05, 3.63) is 29.8 Å². The van der Waals surface area contributed by atoms with E-state index < -0.39 is 9.84 Å². The predicted molar refractivity (Wildman–Crippen MR) is 81.2 cm³/mol. The Labute approximate surface area is 116 Å². The van der Waals surface area contributed by atoms with Crippen LogP contribution in [0.5, 0.6) is 0 Å². The first-order valence-corrected chi connectivity index (χ1v) is 8.59. The van der Waals surface area contributed by atoms with Crippen molar-refractivity contribution in [3.8, 4) is 0 Å². The highest BCUT2D eigenvalue weighted by Gasteiger charge is 2.12. The van der Waals surface area contributed by atoms with Gasteiger partial charge in [-0.15, -0.1) is 0 Å². The minimum absolute atomic E-state index is 0.216. The van der Waals surface area contributed by atoms with E-state index >= 15 is 0 Å². The van der Waals surface area contributed by atoms with Crippen LogP contribution in [0.15, 0.2) is 24.3 Å². The van der Waals surface area contributed by atoms with E-state index in [1.807, 2.05) is 38.1 Å². The number of nitrogens with two attached hydrogens (primary N) is 1. The predicted octanol–water partition coefficient (Wildman–Crippen LogP) is 1.80. The lowest BCUT2D eigenvalue weighted by Crippen LogP contribution is -2.29. The van der Waals surface area contributed by atoms with Gasteiger partial charge in [-0.3, -0.25) is 0 Å². The molecule has 0 fully saturated rings. The maximum atomic E-state index is 11.7. The maximum absolute atomic E-state index is 11.7. The molecule has 108 valence electrons. The minimum atomic E-state index is -2.92. The van der Waals surface area contributed by atoms with Crippen LogP contribution in [0.2, 0.25) is 0 Å². The molecule has 0 amide bonds. The summed E-state index contributed by atoms with van der Waals surface area (Å²) in [5, 5.41) is 0. The second-order valence-corrected chi connectivity index (χ2v) is 6.91. The average molecular weight is 284 g/mol. The topological polar surface area (TPSA) is 63.4 Å². The summed E-state index contributed by atoms with van der Waals surface area (Å²) in [6.07, 6.45) is 0.680. The summed E-state index contributed by atoms with van der Waals surface area (Å²) in [4.78, 5) is 2.08. The fourth-order valence-electron chi connectivity index (χ4n) is 1.97. The van der Waals surface area contributed by atoms with Gasteiger partial charge in [0.05, 0.1) is 5.75 Å². The molecule has 0 unspecified atom stereocenters. The first-order chi connectivity index (χ1) is 9.02. The van der Waals surface area contributed by atoms with Crippen LogP contribution in [0.3, 0.4) is 0 Å². The van der Waals surface area contributed by atoms with Crippen LogP contribution in [0.1, 0.15) is 25.8 Å². The van der Waals surface area contributed by atoms with Crippen molar-refractivity contribution in [1.29, 1.82) is 0 Å². The SMILES string of the molecule is CCCS(=O)(=O)CCN(CC)c1ccc(CN)cc1. The highest BCUT2D eigenvalue weighted by molar-refractivity contribution is 7.91. The van der Waals surface area contributed by atoms with E-state index in [1.165, 1.54) is 0 Å². The van der Waals surface area contributed by atoms with E-state index in [2.05, 4.69) is 4.90 Å². The Morgan fingerprint density at radius 1 is 1.11 bits per heavy atom. The van der Waals surface area contributed by atoms with E-state index in [1.54, 1.807) is 0 Å². The van der Waals surface area contributed by atoms with Gasteiger partial charge in [0.15, 0.2) is 9.84 Å². The van der Waals surface area contributed by atoms with Crippen LogP contribution >= 0.6 is 0 Å². The van der Waals surface area contributed by atoms with E-state index in [0.717, 1.165) is 17.8 Å². The molecule has 0 aromatic heterocycles. The molecular formula is C14H24N2O2S. The Kier molecular flexibility index (Phi) is 6.31. The lowest BCUT2D eigenvalue weighted by molar-refractivity contribution is 0.593. The third kappa shape index (κ3) is 5.20. The summed E-state index contributed by atoms with van der Waals surface area (Å²) in [7, 11) is -2.92. The van der Waals surface area contributed by atoms with Crippen molar-refractivity contribution in [3.63, 3.8) is 0 Å². The smallest absolute Gasteiger partial charge is 0.152 e. The van der Waals surface area contributed by atoms with E-state index in [4.69, 9.17) is 5.73 Å². The first kappa shape index (κ1) is 16.0. The summed E-state index contributed by atoms with van der Waals surface area (Å²) in [5.74, 6) is 0.490. The van der Waals surface area contributed by atoms with E-state index in [0.29, 0.717) is 19.5 Å². The van der Waals surface area contributed by atoms with Crippen LogP contribution in [-0.4, -0.2) is 33.0 Å². The second-order valence-electron chi connectivity index (χ2n) is 4.60. The molecule has 0 aliphatic rings. The molecule has 1 aromatic carbocycles. The van der Waals surface area contributed by atoms with Gasteiger partial charge in [0, 0.05) is 31.1 Å². The number of benzene rings is 1. The fourth-order valence-corrected chi connectivity index (χ4v) is 3.30. The fraction of sp³-hybridized carbons (Fsp3) is 0.571. The van der Waals surface area contributed by atoms with Gasteiger partial charge < -0.3 is 10.6 Å². The zero-order valence-electron chi connectivity index (χ0n) is 11.8. The Morgan fingerprint density at radius 3 is 2.21 bits per heavy atom. The lowest BCUT2D eigenvalue weighted by atomic mass is 10.2. The van der Waals surface area contributed by atoms with Crippen LogP contribution in [-0.2, 0) is 16.4 Å². The largest absolute Gasteiger partial charge is 0.371 e. The molecule has 0 radical (unpaired) electrons. The third-order valence-corrected chi connectivity index (χ3v) is 4.94. The molecule has 5 heteroatoms. The quantitative estimate of drug-likeness (QED) is 0.790. The van der Waals surface area contributed by atoms with Crippen LogP contribution in [0.4, 0.5) is 5.69 Å². The van der Waals surface area contributed by atoms with E-state index in [-0.39, 0.29) is 11.5 Å². The van der Waals surface area contributed by atoms with E-state index in [9.17, 15) is 8.42 Å². The number of rotatable bonds is 8. The van der Waals surface area contributed by atoms with Gasteiger partial charge in [0.25, 0.3) is 0 Å². The molecule has 1 rings (SSSR count). The standard InChI is InChI=1S/C14H24N2O2S/c1-3-10-19(17,18)11-9-16(4-2)14-7-5-13(12-15)6-8-14/h5-8H,3-4,9-12,15H2,1-2H3. The van der Waals surface area contributed by atoms with Crippen molar-refractivity contribution in [2.24, 2.45) is 5.73 Å². The van der Waals surface area contributed by atoms with Crippen LogP contribution in [0, 0.1) is 0 Å². The normalized spacial score (nSPS) is 11.5. The zero-order valence-corrected chi connectivity index (χ0v) is 12.6. The van der Waals surface area contributed by atoms with Crippen molar-refractivity contribution in [2.75, 3.05) is 29.5 Å². The maximum Gasteiger partial charge on any atom is 0.152 e. The monoisotopic (exact) mass is 284 g/mol. The molecule has 0 saturated carbocycles. The number of hydrogen-bond donors (Lipinski definition) is 1. The minimum Gasteiger partial charge on any atom is -0.371 e. The molecule has 2 N–H and O–H groups in total. The van der Waals surface area contributed by atoms with Gasteiger partial charge in [-0.25, -0.2) is 8.42 Å². The average Bonchev–Trinajstić information content (AvgIpc) is 2.40. The number of anilines is 1. The molecule has 4 nitrogen and oxygen atoms in total. The Bertz CT molecular complexity index is 469. The Hall–Kier alpha value is -1.07.